The fourth-order valence-corrected chi connectivity index (χ4v) is 4.15. The van der Waals surface area contributed by atoms with Crippen LogP contribution in [0.4, 0.5) is 0 Å². The molecule has 3 heteroatoms. The number of thioether (sulfide) groups is 1. The first-order valence-corrected chi connectivity index (χ1v) is 8.95. The molecule has 1 aliphatic heterocycles. The standard InChI is InChI=1S/C18H27NOS/c1-5-16-8-6-7-11-19(16)18(20)15(4)21-17-12-13(2)9-10-14(17)3/h9-10,12,15-16H,5-8,11H2,1-4H3. The smallest absolute Gasteiger partial charge is 0.236 e. The van der Waals surface area contributed by atoms with Crippen LogP contribution in [-0.4, -0.2) is 28.6 Å². The zero-order chi connectivity index (χ0) is 15.4. The van der Waals surface area contributed by atoms with Crippen LogP contribution in [0.15, 0.2) is 23.1 Å². The monoisotopic (exact) mass is 305 g/mol. The number of carbonyl (C=O) groups excluding carboxylic acids is 1. The van der Waals surface area contributed by atoms with Crippen LogP contribution in [0.5, 0.6) is 0 Å². The van der Waals surface area contributed by atoms with Crippen LogP contribution >= 0.6 is 11.8 Å². The molecule has 0 spiro atoms. The van der Waals surface area contributed by atoms with Gasteiger partial charge in [0.1, 0.15) is 0 Å². The van der Waals surface area contributed by atoms with Gasteiger partial charge in [-0.25, -0.2) is 0 Å². The molecule has 0 aliphatic carbocycles. The van der Waals surface area contributed by atoms with Gasteiger partial charge in [-0.05, 0) is 58.1 Å². The third-order valence-corrected chi connectivity index (χ3v) is 5.63. The van der Waals surface area contributed by atoms with Gasteiger partial charge < -0.3 is 4.90 Å². The molecule has 116 valence electrons. The fourth-order valence-electron chi connectivity index (χ4n) is 3.02. The highest BCUT2D eigenvalue weighted by atomic mass is 32.2. The molecule has 0 saturated carbocycles. The second-order valence-corrected chi connectivity index (χ2v) is 7.50. The number of carbonyl (C=O) groups is 1. The Bertz CT molecular complexity index is 500. The van der Waals surface area contributed by atoms with E-state index in [9.17, 15) is 4.79 Å². The van der Waals surface area contributed by atoms with E-state index in [4.69, 9.17) is 0 Å². The highest BCUT2D eigenvalue weighted by molar-refractivity contribution is 8.00. The molecule has 1 aromatic rings. The lowest BCUT2D eigenvalue weighted by atomic mass is 10.00. The highest BCUT2D eigenvalue weighted by Gasteiger charge is 2.29. The van der Waals surface area contributed by atoms with E-state index in [0.29, 0.717) is 11.9 Å². The first kappa shape index (κ1) is 16.4. The van der Waals surface area contributed by atoms with Crippen LogP contribution in [0.1, 0.15) is 50.7 Å². The number of nitrogens with zero attached hydrogens (tertiary/aromatic N) is 1. The first-order chi connectivity index (χ1) is 10.0. The number of rotatable bonds is 4. The van der Waals surface area contributed by atoms with E-state index >= 15 is 0 Å². The van der Waals surface area contributed by atoms with Crippen molar-refractivity contribution in [2.24, 2.45) is 0 Å². The summed E-state index contributed by atoms with van der Waals surface area (Å²) in [5.41, 5.74) is 2.52. The quantitative estimate of drug-likeness (QED) is 0.759. The molecular formula is C18H27NOS. The largest absolute Gasteiger partial charge is 0.339 e. The Morgan fingerprint density at radius 1 is 1.38 bits per heavy atom. The van der Waals surface area contributed by atoms with E-state index < -0.39 is 0 Å². The molecule has 2 nitrogen and oxygen atoms in total. The molecule has 0 radical (unpaired) electrons. The Kier molecular flexibility index (Phi) is 5.74. The Hall–Kier alpha value is -0.960. The zero-order valence-corrected chi connectivity index (χ0v) is 14.5. The second-order valence-electron chi connectivity index (χ2n) is 6.12. The summed E-state index contributed by atoms with van der Waals surface area (Å²) in [7, 11) is 0. The summed E-state index contributed by atoms with van der Waals surface area (Å²) >= 11 is 1.71. The summed E-state index contributed by atoms with van der Waals surface area (Å²) in [6.45, 7) is 9.41. The summed E-state index contributed by atoms with van der Waals surface area (Å²) in [5, 5.41) is -0.00218. The van der Waals surface area contributed by atoms with Crippen LogP contribution in [0, 0.1) is 13.8 Å². The fraction of sp³-hybridized carbons (Fsp3) is 0.611. The van der Waals surface area contributed by atoms with Crippen LogP contribution in [-0.2, 0) is 4.79 Å². The molecule has 1 saturated heterocycles. The van der Waals surface area contributed by atoms with Gasteiger partial charge in [0.25, 0.3) is 0 Å². The van der Waals surface area contributed by atoms with Gasteiger partial charge in [-0.3, -0.25) is 4.79 Å². The number of benzene rings is 1. The van der Waals surface area contributed by atoms with E-state index in [0.717, 1.165) is 19.4 Å². The molecular weight excluding hydrogens is 278 g/mol. The van der Waals surface area contributed by atoms with Crippen molar-refractivity contribution in [3.63, 3.8) is 0 Å². The summed E-state index contributed by atoms with van der Waals surface area (Å²) < 4.78 is 0. The molecule has 2 unspecified atom stereocenters. The molecule has 2 atom stereocenters. The minimum atomic E-state index is -0.00218. The second kappa shape index (κ2) is 7.35. The molecule has 1 aromatic carbocycles. The summed E-state index contributed by atoms with van der Waals surface area (Å²) in [6, 6.07) is 6.92. The normalized spacial score (nSPS) is 20.4. The SMILES string of the molecule is CCC1CCCCN1C(=O)C(C)Sc1cc(C)ccc1C. The minimum Gasteiger partial charge on any atom is -0.339 e. The molecule has 0 aromatic heterocycles. The molecule has 1 heterocycles. The van der Waals surface area contributed by atoms with Crippen molar-refractivity contribution in [1.29, 1.82) is 0 Å². The van der Waals surface area contributed by atoms with E-state index in [1.807, 2.05) is 0 Å². The number of piperidine rings is 1. The highest BCUT2D eigenvalue weighted by Crippen LogP contribution is 2.30. The van der Waals surface area contributed by atoms with Gasteiger partial charge in [0.05, 0.1) is 5.25 Å². The molecule has 0 bridgehead atoms. The van der Waals surface area contributed by atoms with E-state index in [2.05, 4.69) is 50.8 Å². The lowest BCUT2D eigenvalue weighted by Crippen LogP contribution is -2.46. The Balaban J connectivity index is 2.06. The van der Waals surface area contributed by atoms with Crippen molar-refractivity contribution in [3.8, 4) is 0 Å². The summed E-state index contributed by atoms with van der Waals surface area (Å²) in [6.07, 6.45) is 4.67. The third-order valence-electron chi connectivity index (χ3n) is 4.38. The number of aryl methyl sites for hydroxylation is 2. The summed E-state index contributed by atoms with van der Waals surface area (Å²) in [4.78, 5) is 16.1. The molecule has 21 heavy (non-hydrogen) atoms. The predicted octanol–water partition coefficient (Wildman–Crippen LogP) is 4.58. The molecule has 1 amide bonds. The van der Waals surface area contributed by atoms with Crippen molar-refractivity contribution in [3.05, 3.63) is 29.3 Å². The number of hydrogen-bond acceptors (Lipinski definition) is 2. The minimum absolute atomic E-state index is 0.00218. The maximum absolute atomic E-state index is 12.8. The van der Waals surface area contributed by atoms with Crippen LogP contribution in [0.3, 0.4) is 0 Å². The van der Waals surface area contributed by atoms with Crippen LogP contribution in [0.2, 0.25) is 0 Å². The zero-order valence-electron chi connectivity index (χ0n) is 13.7. The van der Waals surface area contributed by atoms with Gasteiger partial charge in [-0.2, -0.15) is 0 Å². The Labute approximate surface area is 133 Å². The average Bonchev–Trinajstić information content (AvgIpc) is 2.50. The van der Waals surface area contributed by atoms with Gasteiger partial charge in [0.15, 0.2) is 0 Å². The van der Waals surface area contributed by atoms with Gasteiger partial charge in [-0.15, -0.1) is 11.8 Å². The van der Waals surface area contributed by atoms with Crippen LogP contribution < -0.4 is 0 Å². The van der Waals surface area contributed by atoms with E-state index in [1.165, 1.54) is 28.9 Å². The van der Waals surface area contributed by atoms with E-state index in [1.54, 1.807) is 11.8 Å². The summed E-state index contributed by atoms with van der Waals surface area (Å²) in [5.74, 6) is 0.312. The van der Waals surface area contributed by atoms with Crippen LogP contribution in [0.25, 0.3) is 0 Å². The average molecular weight is 305 g/mol. The lowest BCUT2D eigenvalue weighted by Gasteiger charge is -2.36. The van der Waals surface area contributed by atoms with Crippen molar-refractivity contribution < 1.29 is 4.79 Å². The van der Waals surface area contributed by atoms with Gasteiger partial charge in [0.2, 0.25) is 5.91 Å². The van der Waals surface area contributed by atoms with Crippen molar-refractivity contribution in [2.75, 3.05) is 6.54 Å². The van der Waals surface area contributed by atoms with E-state index in [-0.39, 0.29) is 5.25 Å². The number of amides is 1. The van der Waals surface area contributed by atoms with Gasteiger partial charge in [0, 0.05) is 17.5 Å². The number of likely N-dealkylation sites (tertiary alicyclic amines) is 1. The van der Waals surface area contributed by atoms with Crippen molar-refractivity contribution in [2.45, 2.75) is 69.6 Å². The number of hydrogen-bond donors (Lipinski definition) is 0. The first-order valence-electron chi connectivity index (χ1n) is 8.07. The van der Waals surface area contributed by atoms with Crippen molar-refractivity contribution >= 4 is 17.7 Å². The van der Waals surface area contributed by atoms with Gasteiger partial charge in [-0.1, -0.05) is 24.6 Å². The predicted molar refractivity (Wildman–Crippen MR) is 90.9 cm³/mol. The molecule has 1 fully saturated rings. The van der Waals surface area contributed by atoms with Gasteiger partial charge >= 0.3 is 0 Å². The Morgan fingerprint density at radius 2 is 2.14 bits per heavy atom. The lowest BCUT2D eigenvalue weighted by molar-refractivity contribution is -0.134. The maximum atomic E-state index is 12.8. The molecule has 2 rings (SSSR count). The maximum Gasteiger partial charge on any atom is 0.236 e. The molecule has 1 aliphatic rings. The molecule has 0 N–H and O–H groups in total. The van der Waals surface area contributed by atoms with Crippen molar-refractivity contribution in [1.82, 2.24) is 4.90 Å². The topological polar surface area (TPSA) is 20.3 Å². The third kappa shape index (κ3) is 4.03. The Morgan fingerprint density at radius 3 is 2.86 bits per heavy atom.